The van der Waals surface area contributed by atoms with Gasteiger partial charge in [0.1, 0.15) is 99.7 Å². The maximum absolute atomic E-state index is 14.2. The fourth-order valence-corrected chi connectivity index (χ4v) is 15.5. The van der Waals surface area contributed by atoms with E-state index in [1.165, 1.54) is 67.3 Å². The Hall–Kier alpha value is -7.84. The second-order valence-corrected chi connectivity index (χ2v) is 30.7. The van der Waals surface area contributed by atoms with E-state index in [0.29, 0.717) is 48.2 Å². The van der Waals surface area contributed by atoms with Crippen molar-refractivity contribution in [3.05, 3.63) is 207 Å². The van der Waals surface area contributed by atoms with Crippen molar-refractivity contribution in [2.45, 2.75) is 102 Å². The second kappa shape index (κ2) is 35.9. The average molecular weight is 1630 g/mol. The highest BCUT2D eigenvalue weighted by atomic mass is 35.5. The number of aromatic nitrogens is 8. The van der Waals surface area contributed by atoms with E-state index in [1.54, 1.807) is 19.6 Å². The minimum absolute atomic E-state index is 0.0215. The minimum Gasteiger partial charge on any atom is -0.367 e. The van der Waals surface area contributed by atoms with Crippen LogP contribution in [-0.2, 0) is 26.1 Å². The van der Waals surface area contributed by atoms with Gasteiger partial charge in [-0.3, -0.25) is 19.6 Å². The molecule has 0 saturated carbocycles. The van der Waals surface area contributed by atoms with Gasteiger partial charge in [-0.2, -0.15) is 10.5 Å². The summed E-state index contributed by atoms with van der Waals surface area (Å²) in [5, 5.41) is 23.4. The summed E-state index contributed by atoms with van der Waals surface area (Å²) in [5.74, 6) is -2.66. The number of halogens is 10. The van der Waals surface area contributed by atoms with Crippen LogP contribution in [-0.4, -0.2) is 136 Å². The number of hydrogen-bond acceptors (Lipinski definition) is 22. The normalized spacial score (nSPS) is 20.8. The molecule has 0 bridgehead atoms. The van der Waals surface area contributed by atoms with Crippen LogP contribution in [0.3, 0.4) is 0 Å². The fourth-order valence-electron chi connectivity index (χ4n) is 11.4. The third-order valence-corrected chi connectivity index (χ3v) is 21.4. The van der Waals surface area contributed by atoms with Crippen LogP contribution in [0.1, 0.15) is 104 Å². The van der Waals surface area contributed by atoms with Gasteiger partial charge in [-0.25, -0.2) is 61.8 Å². The lowest BCUT2D eigenvalue weighted by Gasteiger charge is -2.32. The van der Waals surface area contributed by atoms with Crippen LogP contribution in [0.2, 0.25) is 28.0 Å². The lowest BCUT2D eigenvalue weighted by atomic mass is 10.0. The summed E-state index contributed by atoms with van der Waals surface area (Å²) in [5.41, 5.74) is 0.861. The molecule has 548 valence electrons. The molecule has 0 spiro atoms. The van der Waals surface area contributed by atoms with E-state index in [9.17, 15) is 22.0 Å². The standard InChI is InChI=1S/2C19H17ClFN5S.C18H17Cl2FN4S.C18H17ClF2N4S/c2*20-17-8-15-18(23-11-24-19(15)27-17)25-14-3-5-26(6-4-14)10-13-7-12(9-22)1-2-16(13)21;19-12-1-2-15(21)11(7-12)9-25-5-3-13(4-6-25)24-17-14-8-16(20)26-18(14)23-10-22-17;19-16-8-14-17(22-10-23-18(14)26-16)24-13-3-5-25(6-4-13)9-11-7-12(20)1-2-15(11)21/h2*1-2,7-8,11,14H,3-6,10H2,(H,23,24,25);2*1-2,7-8,10,13H,3-6,9H2,(H,22,23,24)/i8D,10D,11D,14D;8D,10D,14D;8D,9D,13D;8D,9D,10D,13D/hD4. The zero-order valence-electron chi connectivity index (χ0n) is 73.2. The molecular weight excluding hydrogens is 1540 g/mol. The molecule has 12 heterocycles. The molecule has 106 heavy (non-hydrogen) atoms. The molecular formula is C74H68Cl5F5N18S4. The van der Waals surface area contributed by atoms with Crippen LogP contribution < -0.4 is 21.2 Å². The lowest BCUT2D eigenvalue weighted by molar-refractivity contribution is 0.208. The summed E-state index contributed by atoms with van der Waals surface area (Å²) in [6.07, 6.45) is 3.35. The highest BCUT2D eigenvalue weighted by Gasteiger charge is 2.27. The monoisotopic (exact) mass is 1620 g/mol. The SMILES string of the molecule is [2H]c1c(Cl)sc2ncnc(N([2H])C3([2H])CCN(C([2H])c4cc(C#N)ccc4F)CC3)c12.[2H]c1c(Cl)sc2ncnc(N([2H])C3([2H])CCN(C([2H])c4cc(Cl)ccc4F)CC3)c12.[2H]c1nc(N([2H])C2([2H])CCN(C([2H])c3cc(C#N)ccc3F)CC2)c2c([2H])c(Cl)sc2n1.[2H]c1nc(N([2H])C2([2H])CCN(C([2H])c3cc(F)ccc3F)CC2)c2c([2H])c(Cl)sc2n1. The summed E-state index contributed by atoms with van der Waals surface area (Å²) in [7, 11) is 0. The molecule has 4 saturated heterocycles. The molecule has 4 N–H and O–H groups in total. The predicted octanol–water partition coefficient (Wildman–Crippen LogP) is 18.8. The quantitative estimate of drug-likeness (QED) is 0.0662. The van der Waals surface area contributed by atoms with Gasteiger partial charge in [-0.15, -0.1) is 45.3 Å². The molecule has 4 aromatic carbocycles. The van der Waals surface area contributed by atoms with Gasteiger partial charge in [-0.1, -0.05) is 58.0 Å². The van der Waals surface area contributed by atoms with Crippen molar-refractivity contribution in [1.29, 1.82) is 10.5 Å². The maximum Gasteiger partial charge on any atom is 0.162 e. The molecule has 18 nitrogen and oxygen atoms in total. The number of thiophene rings is 4. The number of anilines is 4. The van der Waals surface area contributed by atoms with E-state index in [2.05, 4.69) is 39.9 Å². The van der Waals surface area contributed by atoms with Gasteiger partial charge in [0, 0.05) is 135 Å². The molecule has 4 unspecified atom stereocenters. The Morgan fingerprint density at radius 2 is 0.708 bits per heavy atom. The number of likely N-dealkylation sites (tertiary alicyclic amines) is 4. The Labute approximate surface area is 674 Å². The summed E-state index contributed by atoms with van der Waals surface area (Å²) >= 11 is 34.4. The molecule has 32 heteroatoms. The van der Waals surface area contributed by atoms with Gasteiger partial charge in [0.2, 0.25) is 0 Å². The highest BCUT2D eigenvalue weighted by molar-refractivity contribution is 7.23. The van der Waals surface area contributed by atoms with E-state index < -0.39 is 79.2 Å². The van der Waals surface area contributed by atoms with Gasteiger partial charge in [0.05, 0.1) is 73.1 Å². The first-order valence-corrected chi connectivity index (χ1v) is 37.6. The van der Waals surface area contributed by atoms with Crippen LogP contribution in [0.4, 0.5) is 45.2 Å². The smallest absolute Gasteiger partial charge is 0.162 e. The second-order valence-electron chi connectivity index (χ2n) is 23.8. The number of hydrogen-bond donors (Lipinski definition) is 4. The molecule has 12 aromatic rings. The number of rotatable bonds is 16. The van der Waals surface area contributed by atoms with Gasteiger partial charge in [0.15, 0.2) is 5.65 Å². The average Bonchev–Trinajstić information content (AvgIpc) is 1.51. The Balaban J connectivity index is 0.000000142. The van der Waals surface area contributed by atoms with E-state index in [0.717, 1.165) is 84.8 Å². The van der Waals surface area contributed by atoms with Crippen molar-refractivity contribution >= 4 is 167 Å². The molecule has 0 radical (unpaired) electrons. The van der Waals surface area contributed by atoms with Crippen molar-refractivity contribution in [2.24, 2.45) is 0 Å². The van der Waals surface area contributed by atoms with Crippen LogP contribution in [0.5, 0.6) is 0 Å². The Morgan fingerprint density at radius 1 is 0.415 bits per heavy atom. The first-order valence-electron chi connectivity index (χ1n) is 41.6. The Kier molecular flexibility index (Phi) is 19.1. The zero-order valence-corrected chi connectivity index (χ0v) is 62.2. The number of nitrogens with zero attached hydrogens (tertiary/aromatic N) is 14. The number of benzene rings is 4. The maximum atomic E-state index is 14.2. The molecule has 4 aliphatic heterocycles. The Morgan fingerprint density at radius 3 is 1.05 bits per heavy atom. The van der Waals surface area contributed by atoms with E-state index in [1.807, 2.05) is 12.1 Å². The van der Waals surface area contributed by atoms with Crippen LogP contribution in [0, 0.1) is 51.7 Å². The van der Waals surface area contributed by atoms with Gasteiger partial charge < -0.3 is 21.2 Å². The summed E-state index contributed by atoms with van der Waals surface area (Å²) < 4.78 is 223. The van der Waals surface area contributed by atoms with Crippen LogP contribution in [0.15, 0.2) is 122 Å². The third-order valence-electron chi connectivity index (χ3n) is 16.7. The number of nitriles is 2. The summed E-state index contributed by atoms with van der Waals surface area (Å²) in [4.78, 5) is 40.8. The van der Waals surface area contributed by atoms with Crippen molar-refractivity contribution in [1.82, 2.24) is 59.5 Å². The zero-order chi connectivity index (χ0) is 89.7. The summed E-state index contributed by atoms with van der Waals surface area (Å²) in [6, 6.07) is 13.3. The van der Waals surface area contributed by atoms with Crippen LogP contribution in [0.25, 0.3) is 40.9 Å². The molecule has 16 rings (SSSR count). The topological polar surface area (TPSA) is 212 Å². The van der Waals surface area contributed by atoms with E-state index in [4.69, 9.17) is 93.4 Å². The number of nitrogens with one attached hydrogen (secondary N) is 4. The van der Waals surface area contributed by atoms with Crippen LogP contribution >= 0.6 is 103 Å². The molecule has 0 amide bonds. The van der Waals surface area contributed by atoms with Crippen molar-refractivity contribution < 1.29 is 46.8 Å². The largest absolute Gasteiger partial charge is 0.367 e. The lowest BCUT2D eigenvalue weighted by Crippen LogP contribution is -2.39. The molecule has 8 aromatic heterocycles. The van der Waals surface area contributed by atoms with E-state index in [-0.39, 0.29) is 212 Å². The fraction of sp³-hybridized carbons (Fsp3) is 0.324. The first kappa shape index (κ1) is 56.4. The summed E-state index contributed by atoms with van der Waals surface area (Å²) in [6.45, 7) is -2.05. The number of piperidine rings is 4. The van der Waals surface area contributed by atoms with Crippen molar-refractivity contribution in [3.8, 4) is 12.1 Å². The van der Waals surface area contributed by atoms with Crippen molar-refractivity contribution in [3.63, 3.8) is 0 Å². The predicted molar refractivity (Wildman–Crippen MR) is 417 cm³/mol. The third kappa shape index (κ3) is 20.1. The van der Waals surface area contributed by atoms with E-state index >= 15 is 0 Å². The number of fused-ring (bicyclic) bond motifs is 4. The van der Waals surface area contributed by atoms with Crippen molar-refractivity contribution in [2.75, 3.05) is 73.6 Å². The van der Waals surface area contributed by atoms with Gasteiger partial charge >= 0.3 is 0 Å². The van der Waals surface area contributed by atoms with Gasteiger partial charge in [-0.05, 0) is 148 Å². The minimum atomic E-state index is -1.45. The molecule has 0 aliphatic carbocycles. The highest BCUT2D eigenvalue weighted by Crippen LogP contribution is 2.37. The van der Waals surface area contributed by atoms with Gasteiger partial charge in [0.25, 0.3) is 0 Å². The molecule has 4 fully saturated rings. The molecule has 4 aliphatic rings. The molecule has 4 atom stereocenters. The Bertz CT molecular complexity index is 6080. The first-order chi connectivity index (χ1) is 58.7.